The summed E-state index contributed by atoms with van der Waals surface area (Å²) in [5, 5.41) is 0. The summed E-state index contributed by atoms with van der Waals surface area (Å²) < 4.78 is 5.55. The third kappa shape index (κ3) is 1.58. The maximum atomic E-state index is 5.78. The first-order chi connectivity index (χ1) is 6.27. The van der Waals surface area contributed by atoms with E-state index in [1.54, 1.807) is 0 Å². The summed E-state index contributed by atoms with van der Waals surface area (Å²) in [6.07, 6.45) is 2.11. The molecule has 1 heterocycles. The number of benzene rings is 1. The second kappa shape index (κ2) is 3.23. The number of rotatable bonds is 1. The van der Waals surface area contributed by atoms with Gasteiger partial charge in [0.2, 0.25) is 0 Å². The molecule has 0 radical (unpaired) electrons. The molecule has 2 rings (SSSR count). The molecule has 1 aliphatic rings. The summed E-state index contributed by atoms with van der Waals surface area (Å²) in [7, 11) is 0. The summed E-state index contributed by atoms with van der Waals surface area (Å²) in [4.78, 5) is 0. The number of hydrogen-bond donors (Lipinski definition) is 1. The van der Waals surface area contributed by atoms with E-state index in [-0.39, 0.29) is 6.04 Å². The number of ether oxygens (including phenoxy) is 1. The fourth-order valence-corrected chi connectivity index (χ4v) is 1.40. The molecule has 0 aliphatic carbocycles. The number of fused-ring (bicyclic) bond motifs is 1. The maximum absolute atomic E-state index is 5.78. The fourth-order valence-electron chi connectivity index (χ4n) is 1.40. The zero-order valence-corrected chi connectivity index (χ0v) is 7.66. The van der Waals surface area contributed by atoms with Crippen LogP contribution in [0.3, 0.4) is 0 Å². The monoisotopic (exact) mass is 175 g/mol. The number of nitrogens with two attached hydrogens (primary N) is 1. The Balaban J connectivity index is 2.38. The molecular formula is C11H13NO. The molecule has 2 nitrogen and oxygen atoms in total. The van der Waals surface area contributed by atoms with Crippen molar-refractivity contribution in [1.29, 1.82) is 0 Å². The topological polar surface area (TPSA) is 35.2 Å². The first-order valence-electron chi connectivity index (χ1n) is 4.45. The van der Waals surface area contributed by atoms with Crippen molar-refractivity contribution in [2.45, 2.75) is 13.0 Å². The van der Waals surface area contributed by atoms with Gasteiger partial charge in [-0.1, -0.05) is 18.2 Å². The van der Waals surface area contributed by atoms with Crippen molar-refractivity contribution in [3.63, 3.8) is 0 Å². The second-order valence-electron chi connectivity index (χ2n) is 3.33. The third-order valence-corrected chi connectivity index (χ3v) is 2.24. The SMILES string of the molecule is CC(N)C1=Cc2ccccc2OC1. The lowest BCUT2D eigenvalue weighted by Gasteiger charge is -2.19. The summed E-state index contributed by atoms with van der Waals surface area (Å²) in [6, 6.07) is 8.07. The van der Waals surface area contributed by atoms with Crippen LogP contribution in [0.2, 0.25) is 0 Å². The lowest BCUT2D eigenvalue weighted by atomic mass is 10.0. The van der Waals surface area contributed by atoms with Crippen LogP contribution in [0.1, 0.15) is 12.5 Å². The highest BCUT2D eigenvalue weighted by Gasteiger charge is 2.12. The molecule has 0 spiro atoms. The highest BCUT2D eigenvalue weighted by Crippen LogP contribution is 2.26. The van der Waals surface area contributed by atoms with E-state index in [1.165, 1.54) is 0 Å². The van der Waals surface area contributed by atoms with Crippen LogP contribution in [0.25, 0.3) is 6.08 Å². The second-order valence-corrected chi connectivity index (χ2v) is 3.33. The minimum Gasteiger partial charge on any atom is -0.489 e. The van der Waals surface area contributed by atoms with E-state index >= 15 is 0 Å². The lowest BCUT2D eigenvalue weighted by molar-refractivity contribution is 0.340. The van der Waals surface area contributed by atoms with Gasteiger partial charge in [0.15, 0.2) is 0 Å². The molecule has 1 aliphatic heterocycles. The van der Waals surface area contributed by atoms with Crippen LogP contribution in [0.5, 0.6) is 5.75 Å². The van der Waals surface area contributed by atoms with Gasteiger partial charge in [-0.25, -0.2) is 0 Å². The first-order valence-corrected chi connectivity index (χ1v) is 4.45. The zero-order valence-electron chi connectivity index (χ0n) is 7.66. The van der Waals surface area contributed by atoms with E-state index in [4.69, 9.17) is 10.5 Å². The van der Waals surface area contributed by atoms with Gasteiger partial charge >= 0.3 is 0 Å². The van der Waals surface area contributed by atoms with Crippen LogP contribution in [0, 0.1) is 0 Å². The zero-order chi connectivity index (χ0) is 9.26. The third-order valence-electron chi connectivity index (χ3n) is 2.24. The molecular weight excluding hydrogens is 162 g/mol. The normalized spacial score (nSPS) is 16.9. The largest absolute Gasteiger partial charge is 0.489 e. The molecule has 0 aromatic heterocycles. The maximum Gasteiger partial charge on any atom is 0.127 e. The number of para-hydroxylation sites is 1. The Morgan fingerprint density at radius 2 is 2.15 bits per heavy atom. The molecule has 0 fully saturated rings. The standard InChI is InChI=1S/C11H13NO/c1-8(12)10-6-9-4-2-3-5-11(9)13-7-10/h2-6,8H,7,12H2,1H3. The molecule has 0 bridgehead atoms. The van der Waals surface area contributed by atoms with Crippen molar-refractivity contribution in [3.05, 3.63) is 35.4 Å². The van der Waals surface area contributed by atoms with Gasteiger partial charge in [-0.2, -0.15) is 0 Å². The van der Waals surface area contributed by atoms with Gasteiger partial charge in [-0.05, 0) is 24.6 Å². The molecule has 0 saturated heterocycles. The highest BCUT2D eigenvalue weighted by molar-refractivity contribution is 5.62. The molecule has 1 aromatic carbocycles. The molecule has 13 heavy (non-hydrogen) atoms. The van der Waals surface area contributed by atoms with Gasteiger partial charge < -0.3 is 10.5 Å². The highest BCUT2D eigenvalue weighted by atomic mass is 16.5. The first kappa shape index (κ1) is 8.32. The van der Waals surface area contributed by atoms with Crippen LogP contribution >= 0.6 is 0 Å². The van der Waals surface area contributed by atoms with Gasteiger partial charge in [0.05, 0.1) is 0 Å². The van der Waals surface area contributed by atoms with Crippen molar-refractivity contribution in [2.75, 3.05) is 6.61 Å². The smallest absolute Gasteiger partial charge is 0.127 e. The van der Waals surface area contributed by atoms with E-state index in [0.717, 1.165) is 16.9 Å². The van der Waals surface area contributed by atoms with Crippen molar-refractivity contribution in [2.24, 2.45) is 5.73 Å². The summed E-state index contributed by atoms with van der Waals surface area (Å²) in [5.41, 5.74) is 8.05. The Hall–Kier alpha value is -1.28. The lowest BCUT2D eigenvalue weighted by Crippen LogP contribution is -2.24. The Morgan fingerprint density at radius 3 is 2.92 bits per heavy atom. The average Bonchev–Trinajstić information content (AvgIpc) is 2.17. The summed E-state index contributed by atoms with van der Waals surface area (Å²) in [6.45, 7) is 2.60. The summed E-state index contributed by atoms with van der Waals surface area (Å²) in [5.74, 6) is 0.951. The van der Waals surface area contributed by atoms with Gasteiger partial charge in [-0.15, -0.1) is 0 Å². The minimum atomic E-state index is 0.0772. The fraction of sp³-hybridized carbons (Fsp3) is 0.273. The van der Waals surface area contributed by atoms with Crippen LogP contribution < -0.4 is 10.5 Å². The molecule has 2 N–H and O–H groups in total. The quantitative estimate of drug-likeness (QED) is 0.706. The van der Waals surface area contributed by atoms with Crippen molar-refractivity contribution < 1.29 is 4.74 Å². The van der Waals surface area contributed by atoms with Crippen molar-refractivity contribution in [3.8, 4) is 5.75 Å². The van der Waals surface area contributed by atoms with Crippen LogP contribution in [0.4, 0.5) is 0 Å². The van der Waals surface area contributed by atoms with E-state index in [2.05, 4.69) is 6.08 Å². The molecule has 68 valence electrons. The van der Waals surface area contributed by atoms with Crippen molar-refractivity contribution in [1.82, 2.24) is 0 Å². The predicted molar refractivity (Wildman–Crippen MR) is 53.6 cm³/mol. The van der Waals surface area contributed by atoms with Gasteiger partial charge in [-0.3, -0.25) is 0 Å². The van der Waals surface area contributed by atoms with Gasteiger partial charge in [0.25, 0.3) is 0 Å². The van der Waals surface area contributed by atoms with Gasteiger partial charge in [0.1, 0.15) is 12.4 Å². The van der Waals surface area contributed by atoms with E-state index in [9.17, 15) is 0 Å². The minimum absolute atomic E-state index is 0.0772. The van der Waals surface area contributed by atoms with Crippen molar-refractivity contribution >= 4 is 6.08 Å². The Bertz CT molecular complexity index is 342. The molecule has 1 atom stereocenters. The van der Waals surface area contributed by atoms with E-state index in [0.29, 0.717) is 6.61 Å². The van der Waals surface area contributed by atoms with E-state index < -0.39 is 0 Å². The predicted octanol–water partition coefficient (Wildman–Crippen LogP) is 1.81. The Morgan fingerprint density at radius 1 is 1.38 bits per heavy atom. The van der Waals surface area contributed by atoms with E-state index in [1.807, 2.05) is 31.2 Å². The Labute approximate surface area is 78.0 Å². The summed E-state index contributed by atoms with van der Waals surface area (Å²) >= 11 is 0. The molecule has 1 aromatic rings. The molecule has 1 unspecified atom stereocenters. The average molecular weight is 175 g/mol. The Kier molecular flexibility index (Phi) is 2.07. The van der Waals surface area contributed by atoms with Crippen LogP contribution in [0.15, 0.2) is 29.8 Å². The van der Waals surface area contributed by atoms with Gasteiger partial charge in [0, 0.05) is 11.6 Å². The van der Waals surface area contributed by atoms with Crippen LogP contribution in [-0.4, -0.2) is 12.6 Å². The van der Waals surface area contributed by atoms with Crippen LogP contribution in [-0.2, 0) is 0 Å². The molecule has 0 saturated carbocycles. The molecule has 2 heteroatoms. The molecule has 0 amide bonds. The number of hydrogen-bond acceptors (Lipinski definition) is 2.